The molecule has 18 heavy (non-hydrogen) atoms. The summed E-state index contributed by atoms with van der Waals surface area (Å²) in [4.78, 5) is 22.6. The maximum absolute atomic E-state index is 11.4. The van der Waals surface area contributed by atoms with Crippen LogP contribution < -0.4 is 16.0 Å². The SMILES string of the molecule is CC(O)CNC(=O)CNC(=O)Nc1ccccc1. The van der Waals surface area contributed by atoms with Crippen molar-refractivity contribution >= 4 is 17.6 Å². The van der Waals surface area contributed by atoms with Gasteiger partial charge in [-0.3, -0.25) is 4.79 Å². The van der Waals surface area contributed by atoms with E-state index in [1.807, 2.05) is 6.07 Å². The van der Waals surface area contributed by atoms with Crippen molar-refractivity contribution in [1.82, 2.24) is 10.6 Å². The first kappa shape index (κ1) is 14.0. The van der Waals surface area contributed by atoms with Crippen molar-refractivity contribution < 1.29 is 14.7 Å². The number of hydrogen-bond acceptors (Lipinski definition) is 3. The molecule has 1 aromatic carbocycles. The van der Waals surface area contributed by atoms with E-state index in [4.69, 9.17) is 5.11 Å². The van der Waals surface area contributed by atoms with Crippen molar-refractivity contribution in [2.45, 2.75) is 13.0 Å². The van der Waals surface area contributed by atoms with Crippen molar-refractivity contribution in [1.29, 1.82) is 0 Å². The van der Waals surface area contributed by atoms with Crippen LogP contribution in [0.5, 0.6) is 0 Å². The topological polar surface area (TPSA) is 90.5 Å². The fourth-order valence-electron chi connectivity index (χ4n) is 1.18. The Kier molecular flexibility index (Phi) is 5.66. The lowest BCUT2D eigenvalue weighted by Gasteiger charge is -2.09. The van der Waals surface area contributed by atoms with Gasteiger partial charge < -0.3 is 21.1 Å². The molecule has 0 heterocycles. The highest BCUT2D eigenvalue weighted by Gasteiger charge is 2.05. The van der Waals surface area contributed by atoms with Gasteiger partial charge in [-0.15, -0.1) is 0 Å². The zero-order valence-electron chi connectivity index (χ0n) is 10.1. The van der Waals surface area contributed by atoms with E-state index in [9.17, 15) is 9.59 Å². The van der Waals surface area contributed by atoms with Gasteiger partial charge in [0.05, 0.1) is 12.6 Å². The smallest absolute Gasteiger partial charge is 0.319 e. The summed E-state index contributed by atoms with van der Waals surface area (Å²) < 4.78 is 0. The number of carbonyl (C=O) groups is 2. The minimum absolute atomic E-state index is 0.134. The van der Waals surface area contributed by atoms with Crippen LogP contribution in [0.1, 0.15) is 6.92 Å². The number of rotatable bonds is 5. The molecule has 6 heteroatoms. The zero-order valence-corrected chi connectivity index (χ0v) is 10.1. The predicted molar refractivity (Wildman–Crippen MR) is 68.2 cm³/mol. The molecule has 0 bridgehead atoms. The second-order valence-electron chi connectivity index (χ2n) is 3.83. The van der Waals surface area contributed by atoms with Gasteiger partial charge in [-0.1, -0.05) is 18.2 Å². The normalized spacial score (nSPS) is 11.4. The van der Waals surface area contributed by atoms with Gasteiger partial charge in [-0.25, -0.2) is 4.79 Å². The third kappa shape index (κ3) is 5.86. The average molecular weight is 251 g/mol. The van der Waals surface area contributed by atoms with Gasteiger partial charge in [0.1, 0.15) is 0 Å². The van der Waals surface area contributed by atoms with Gasteiger partial charge in [0.2, 0.25) is 5.91 Å². The first-order valence-electron chi connectivity index (χ1n) is 5.62. The lowest BCUT2D eigenvalue weighted by atomic mass is 10.3. The average Bonchev–Trinajstić information content (AvgIpc) is 2.35. The van der Waals surface area contributed by atoms with Gasteiger partial charge in [-0.05, 0) is 19.1 Å². The molecule has 0 aliphatic carbocycles. The summed E-state index contributed by atoms with van der Waals surface area (Å²) in [5.41, 5.74) is 0.652. The van der Waals surface area contributed by atoms with E-state index in [-0.39, 0.29) is 19.0 Å². The molecule has 1 aromatic rings. The van der Waals surface area contributed by atoms with Crippen LogP contribution in [0.15, 0.2) is 30.3 Å². The van der Waals surface area contributed by atoms with Crippen molar-refractivity contribution in [2.24, 2.45) is 0 Å². The van der Waals surface area contributed by atoms with E-state index < -0.39 is 12.1 Å². The molecular formula is C12H17N3O3. The molecule has 0 saturated heterocycles. The monoisotopic (exact) mass is 251 g/mol. The Hall–Kier alpha value is -2.08. The van der Waals surface area contributed by atoms with E-state index in [1.165, 1.54) is 0 Å². The van der Waals surface area contributed by atoms with Crippen LogP contribution in [0.4, 0.5) is 10.5 Å². The summed E-state index contributed by atoms with van der Waals surface area (Å²) in [6, 6.07) is 8.47. The van der Waals surface area contributed by atoms with Crippen LogP contribution in [0.2, 0.25) is 0 Å². The highest BCUT2D eigenvalue weighted by molar-refractivity contribution is 5.92. The Balaban J connectivity index is 2.23. The number of carbonyl (C=O) groups excluding carboxylic acids is 2. The second-order valence-corrected chi connectivity index (χ2v) is 3.83. The first-order valence-corrected chi connectivity index (χ1v) is 5.62. The summed E-state index contributed by atoms with van der Waals surface area (Å²) in [6.07, 6.45) is -0.605. The van der Waals surface area contributed by atoms with Crippen molar-refractivity contribution in [3.05, 3.63) is 30.3 Å². The highest BCUT2D eigenvalue weighted by atomic mass is 16.3. The third-order valence-electron chi connectivity index (χ3n) is 2.04. The van der Waals surface area contributed by atoms with Crippen LogP contribution >= 0.6 is 0 Å². The van der Waals surface area contributed by atoms with Crippen LogP contribution in [0, 0.1) is 0 Å². The molecule has 4 N–H and O–H groups in total. The van der Waals surface area contributed by atoms with Crippen LogP contribution in [0.25, 0.3) is 0 Å². The number of nitrogens with one attached hydrogen (secondary N) is 3. The van der Waals surface area contributed by atoms with Gasteiger partial charge in [0.15, 0.2) is 0 Å². The molecule has 0 radical (unpaired) electrons. The lowest BCUT2D eigenvalue weighted by molar-refractivity contribution is -0.120. The molecule has 1 atom stereocenters. The second kappa shape index (κ2) is 7.29. The molecule has 6 nitrogen and oxygen atoms in total. The zero-order chi connectivity index (χ0) is 13.4. The largest absolute Gasteiger partial charge is 0.392 e. The summed E-state index contributed by atoms with van der Waals surface area (Å²) >= 11 is 0. The quantitative estimate of drug-likeness (QED) is 0.607. The van der Waals surface area contributed by atoms with Crippen molar-refractivity contribution in [3.8, 4) is 0 Å². The first-order chi connectivity index (χ1) is 8.58. The lowest BCUT2D eigenvalue weighted by Crippen LogP contribution is -2.40. The molecule has 0 spiro atoms. The standard InChI is InChI=1S/C12H17N3O3/c1-9(16)7-13-11(17)8-14-12(18)15-10-5-3-2-4-6-10/h2-6,9,16H,7-8H2,1H3,(H,13,17)(H2,14,15,18). The number of urea groups is 1. The molecule has 3 amide bonds. The predicted octanol–water partition coefficient (Wildman–Crippen LogP) is 0.305. The van der Waals surface area contributed by atoms with Crippen molar-refractivity contribution in [3.63, 3.8) is 0 Å². The highest BCUT2D eigenvalue weighted by Crippen LogP contribution is 2.03. The molecule has 1 rings (SSSR count). The van der Waals surface area contributed by atoms with Gasteiger partial charge >= 0.3 is 6.03 Å². The summed E-state index contributed by atoms with van der Waals surface area (Å²) in [7, 11) is 0. The molecule has 1 unspecified atom stereocenters. The number of anilines is 1. The van der Waals surface area contributed by atoms with Crippen LogP contribution in [0.3, 0.4) is 0 Å². The third-order valence-corrected chi connectivity index (χ3v) is 2.04. The Morgan fingerprint density at radius 2 is 1.89 bits per heavy atom. The number of aliphatic hydroxyl groups is 1. The molecule has 0 fully saturated rings. The van der Waals surface area contributed by atoms with Crippen LogP contribution in [-0.2, 0) is 4.79 Å². The van der Waals surface area contributed by atoms with Gasteiger partial charge in [-0.2, -0.15) is 0 Å². The number of hydrogen-bond donors (Lipinski definition) is 4. The molecular weight excluding hydrogens is 234 g/mol. The van der Waals surface area contributed by atoms with Gasteiger partial charge in [0, 0.05) is 12.2 Å². The number of amides is 3. The van der Waals surface area contributed by atoms with E-state index in [1.54, 1.807) is 31.2 Å². The minimum atomic E-state index is -0.605. The van der Waals surface area contributed by atoms with E-state index in [2.05, 4.69) is 16.0 Å². The molecule has 0 aliphatic heterocycles. The molecule has 0 aliphatic rings. The Morgan fingerprint density at radius 1 is 1.22 bits per heavy atom. The Bertz CT molecular complexity index is 393. The summed E-state index contributed by atoms with van der Waals surface area (Å²) in [5.74, 6) is -0.348. The fraction of sp³-hybridized carbons (Fsp3) is 0.333. The molecule has 0 saturated carbocycles. The number of aliphatic hydroxyl groups excluding tert-OH is 1. The number of benzene rings is 1. The fourth-order valence-corrected chi connectivity index (χ4v) is 1.18. The summed E-state index contributed by atoms with van der Waals surface area (Å²) in [5, 5.41) is 16.4. The van der Waals surface area contributed by atoms with E-state index in [0.29, 0.717) is 5.69 Å². The van der Waals surface area contributed by atoms with Crippen molar-refractivity contribution in [2.75, 3.05) is 18.4 Å². The van der Waals surface area contributed by atoms with Gasteiger partial charge in [0.25, 0.3) is 0 Å². The molecule has 0 aromatic heterocycles. The maximum atomic E-state index is 11.4. The van der Waals surface area contributed by atoms with E-state index in [0.717, 1.165) is 0 Å². The molecule has 98 valence electrons. The Labute approximate surface area is 105 Å². The number of para-hydroxylation sites is 1. The van der Waals surface area contributed by atoms with E-state index >= 15 is 0 Å². The summed E-state index contributed by atoms with van der Waals surface area (Å²) in [6.45, 7) is 1.60. The van der Waals surface area contributed by atoms with Crippen LogP contribution in [-0.4, -0.2) is 36.2 Å². The maximum Gasteiger partial charge on any atom is 0.319 e. The Morgan fingerprint density at radius 3 is 2.50 bits per heavy atom. The minimum Gasteiger partial charge on any atom is -0.392 e.